The van der Waals surface area contributed by atoms with Gasteiger partial charge in [-0.1, -0.05) is 13.8 Å². The summed E-state index contributed by atoms with van der Waals surface area (Å²) in [4.78, 5) is 16.4. The summed E-state index contributed by atoms with van der Waals surface area (Å²) in [5, 5.41) is 3.15. The van der Waals surface area contributed by atoms with Crippen molar-refractivity contribution in [2.75, 3.05) is 0 Å². The van der Waals surface area contributed by atoms with Crippen molar-refractivity contribution in [2.24, 2.45) is 5.73 Å². The third-order valence-electron chi connectivity index (χ3n) is 4.42. The highest BCUT2D eigenvalue weighted by molar-refractivity contribution is 5.86. The van der Waals surface area contributed by atoms with Crippen molar-refractivity contribution in [1.29, 1.82) is 0 Å². The molecule has 2 rings (SSSR count). The van der Waals surface area contributed by atoms with E-state index in [4.69, 9.17) is 5.73 Å². The lowest BCUT2D eigenvalue weighted by Crippen LogP contribution is -2.56. The van der Waals surface area contributed by atoms with Crippen LogP contribution in [0.25, 0.3) is 0 Å². The molecule has 2 atom stereocenters. The van der Waals surface area contributed by atoms with E-state index in [-0.39, 0.29) is 11.9 Å². The summed E-state index contributed by atoms with van der Waals surface area (Å²) in [6.07, 6.45) is 10.1. The highest BCUT2D eigenvalue weighted by Crippen LogP contribution is 2.30. The lowest BCUT2D eigenvalue weighted by atomic mass is 9.92. The quantitative estimate of drug-likeness (QED) is 0.848. The van der Waals surface area contributed by atoms with Gasteiger partial charge in [-0.3, -0.25) is 4.79 Å². The molecule has 1 amide bonds. The molecule has 0 radical (unpaired) electrons. The molecule has 1 aliphatic rings. The zero-order valence-corrected chi connectivity index (χ0v) is 11.8. The van der Waals surface area contributed by atoms with Crippen LogP contribution in [0.15, 0.2) is 18.7 Å². The molecule has 1 aromatic heterocycles. The Morgan fingerprint density at radius 2 is 2.21 bits per heavy atom. The molecule has 5 heteroatoms. The Morgan fingerprint density at radius 1 is 1.47 bits per heavy atom. The van der Waals surface area contributed by atoms with E-state index < -0.39 is 5.54 Å². The molecule has 0 saturated heterocycles. The van der Waals surface area contributed by atoms with Crippen LogP contribution in [0.3, 0.4) is 0 Å². The summed E-state index contributed by atoms with van der Waals surface area (Å²) in [6, 6.07) is 0.479. The number of aromatic nitrogens is 2. The van der Waals surface area contributed by atoms with E-state index in [9.17, 15) is 4.79 Å². The Labute approximate surface area is 114 Å². The first-order valence-corrected chi connectivity index (χ1v) is 7.18. The molecule has 0 aliphatic heterocycles. The van der Waals surface area contributed by atoms with Gasteiger partial charge in [-0.15, -0.1) is 0 Å². The number of rotatable bonds is 5. The molecule has 1 saturated carbocycles. The van der Waals surface area contributed by atoms with E-state index >= 15 is 0 Å². The Bertz CT molecular complexity index is 411. The first-order valence-electron chi connectivity index (χ1n) is 7.18. The van der Waals surface area contributed by atoms with Crippen LogP contribution in [0.4, 0.5) is 0 Å². The molecule has 1 aromatic rings. The van der Waals surface area contributed by atoms with Crippen LogP contribution in [-0.4, -0.2) is 27.0 Å². The number of nitrogens with one attached hydrogen (secondary N) is 1. The van der Waals surface area contributed by atoms with E-state index in [0.29, 0.717) is 18.9 Å². The molecule has 19 heavy (non-hydrogen) atoms. The fourth-order valence-electron chi connectivity index (χ4n) is 2.81. The number of amides is 1. The number of nitrogens with zero attached hydrogens (tertiary/aromatic N) is 2. The van der Waals surface area contributed by atoms with Gasteiger partial charge in [-0.25, -0.2) is 4.98 Å². The van der Waals surface area contributed by atoms with Crippen molar-refractivity contribution in [2.45, 2.75) is 63.6 Å². The van der Waals surface area contributed by atoms with Crippen molar-refractivity contribution in [3.05, 3.63) is 18.7 Å². The fourth-order valence-corrected chi connectivity index (χ4v) is 2.81. The van der Waals surface area contributed by atoms with Crippen molar-refractivity contribution >= 4 is 5.91 Å². The topological polar surface area (TPSA) is 72.9 Å². The standard InChI is InChI=1S/C14H24N4O/c1-3-14(15,4-2)13(19)17-11-6-5-7-12(11)18-9-8-16-10-18/h8-12H,3-7,15H2,1-2H3,(H,17,19). The summed E-state index contributed by atoms with van der Waals surface area (Å²) in [7, 11) is 0. The minimum absolute atomic E-state index is 0.0190. The van der Waals surface area contributed by atoms with E-state index in [1.165, 1.54) is 0 Å². The predicted octanol–water partition coefficient (Wildman–Crippen LogP) is 1.61. The normalized spacial score (nSPS) is 23.5. The van der Waals surface area contributed by atoms with Crippen LogP contribution in [0, 0.1) is 0 Å². The third kappa shape index (κ3) is 2.81. The SMILES string of the molecule is CCC(N)(CC)C(=O)NC1CCCC1n1ccnc1. The molecule has 0 spiro atoms. The highest BCUT2D eigenvalue weighted by atomic mass is 16.2. The summed E-state index contributed by atoms with van der Waals surface area (Å²) < 4.78 is 2.09. The Morgan fingerprint density at radius 3 is 2.79 bits per heavy atom. The van der Waals surface area contributed by atoms with Crippen LogP contribution in [0.5, 0.6) is 0 Å². The molecule has 1 aliphatic carbocycles. The van der Waals surface area contributed by atoms with Gasteiger partial charge < -0.3 is 15.6 Å². The average molecular weight is 264 g/mol. The Kier molecular flexibility index (Phi) is 4.24. The van der Waals surface area contributed by atoms with Gasteiger partial charge in [-0.2, -0.15) is 0 Å². The maximum absolute atomic E-state index is 12.3. The van der Waals surface area contributed by atoms with E-state index in [1.54, 1.807) is 6.20 Å². The molecule has 0 bridgehead atoms. The molecule has 1 fully saturated rings. The van der Waals surface area contributed by atoms with Gasteiger partial charge in [0.15, 0.2) is 0 Å². The number of hydrogen-bond donors (Lipinski definition) is 2. The zero-order valence-electron chi connectivity index (χ0n) is 11.8. The maximum Gasteiger partial charge on any atom is 0.240 e. The smallest absolute Gasteiger partial charge is 0.240 e. The number of carbonyl (C=O) groups is 1. The average Bonchev–Trinajstić information content (AvgIpc) is 3.07. The predicted molar refractivity (Wildman–Crippen MR) is 74.5 cm³/mol. The van der Waals surface area contributed by atoms with E-state index in [2.05, 4.69) is 14.9 Å². The monoisotopic (exact) mass is 264 g/mol. The van der Waals surface area contributed by atoms with Gasteiger partial charge in [0.25, 0.3) is 0 Å². The van der Waals surface area contributed by atoms with Gasteiger partial charge in [-0.05, 0) is 32.1 Å². The molecule has 2 unspecified atom stereocenters. The summed E-state index contributed by atoms with van der Waals surface area (Å²) >= 11 is 0. The minimum atomic E-state index is -0.734. The molecular formula is C14H24N4O. The molecule has 106 valence electrons. The zero-order chi connectivity index (χ0) is 13.9. The van der Waals surface area contributed by atoms with Crippen molar-refractivity contribution in [3.8, 4) is 0 Å². The van der Waals surface area contributed by atoms with Crippen LogP contribution < -0.4 is 11.1 Å². The Balaban J connectivity index is 2.04. The van der Waals surface area contributed by atoms with E-state index in [1.807, 2.05) is 26.4 Å². The summed E-state index contributed by atoms with van der Waals surface area (Å²) in [5.41, 5.74) is 5.42. The lowest BCUT2D eigenvalue weighted by molar-refractivity contribution is -0.127. The van der Waals surface area contributed by atoms with Crippen molar-refractivity contribution in [3.63, 3.8) is 0 Å². The van der Waals surface area contributed by atoms with Gasteiger partial charge in [0.05, 0.1) is 17.9 Å². The van der Waals surface area contributed by atoms with Gasteiger partial charge in [0, 0.05) is 18.4 Å². The summed E-state index contributed by atoms with van der Waals surface area (Å²) in [6.45, 7) is 3.93. The molecule has 0 aromatic carbocycles. The van der Waals surface area contributed by atoms with Crippen LogP contribution in [-0.2, 0) is 4.79 Å². The maximum atomic E-state index is 12.3. The second-order valence-corrected chi connectivity index (χ2v) is 5.45. The fraction of sp³-hybridized carbons (Fsp3) is 0.714. The largest absolute Gasteiger partial charge is 0.350 e. The number of nitrogens with two attached hydrogens (primary N) is 1. The van der Waals surface area contributed by atoms with Crippen LogP contribution >= 0.6 is 0 Å². The van der Waals surface area contributed by atoms with Crippen molar-refractivity contribution < 1.29 is 4.79 Å². The number of carbonyl (C=O) groups excluding carboxylic acids is 1. The van der Waals surface area contributed by atoms with E-state index in [0.717, 1.165) is 19.3 Å². The van der Waals surface area contributed by atoms with Gasteiger partial charge >= 0.3 is 0 Å². The summed E-state index contributed by atoms with van der Waals surface area (Å²) in [5.74, 6) is -0.0190. The second kappa shape index (κ2) is 5.74. The second-order valence-electron chi connectivity index (χ2n) is 5.45. The number of hydrogen-bond acceptors (Lipinski definition) is 3. The van der Waals surface area contributed by atoms with Crippen molar-refractivity contribution in [1.82, 2.24) is 14.9 Å². The third-order valence-corrected chi connectivity index (χ3v) is 4.42. The Hall–Kier alpha value is -1.36. The van der Waals surface area contributed by atoms with Gasteiger partial charge in [0.1, 0.15) is 0 Å². The van der Waals surface area contributed by atoms with Gasteiger partial charge in [0.2, 0.25) is 5.91 Å². The molecule has 1 heterocycles. The first-order chi connectivity index (χ1) is 9.10. The number of imidazole rings is 1. The molecule has 3 N–H and O–H groups in total. The van der Waals surface area contributed by atoms with Crippen LogP contribution in [0.2, 0.25) is 0 Å². The minimum Gasteiger partial charge on any atom is -0.350 e. The highest BCUT2D eigenvalue weighted by Gasteiger charge is 2.35. The van der Waals surface area contributed by atoms with Crippen LogP contribution in [0.1, 0.15) is 52.0 Å². The first kappa shape index (κ1) is 14.1. The molecular weight excluding hydrogens is 240 g/mol. The lowest BCUT2D eigenvalue weighted by Gasteiger charge is -2.29. The molecule has 5 nitrogen and oxygen atoms in total.